The number of hydrogen-bond acceptors (Lipinski definition) is 3. The van der Waals surface area contributed by atoms with Crippen molar-refractivity contribution in [1.29, 1.82) is 0 Å². The van der Waals surface area contributed by atoms with Gasteiger partial charge in [-0.25, -0.2) is 0 Å². The molecule has 5 heteroatoms. The van der Waals surface area contributed by atoms with Crippen LogP contribution in [0, 0.1) is 0 Å². The molecule has 0 spiro atoms. The number of fused-ring (bicyclic) bond motifs is 3. The van der Waals surface area contributed by atoms with Gasteiger partial charge in [-0.05, 0) is 55.7 Å². The summed E-state index contributed by atoms with van der Waals surface area (Å²) < 4.78 is 5.35. The van der Waals surface area contributed by atoms with Crippen molar-refractivity contribution in [2.24, 2.45) is 0 Å². The van der Waals surface area contributed by atoms with Crippen molar-refractivity contribution in [3.63, 3.8) is 0 Å². The van der Waals surface area contributed by atoms with Crippen LogP contribution in [0.3, 0.4) is 0 Å². The Morgan fingerprint density at radius 3 is 2.55 bits per heavy atom. The number of amides is 2. The number of rotatable bonds is 3. The summed E-state index contributed by atoms with van der Waals surface area (Å²) in [6, 6.07) is 15.5. The molecule has 0 radical (unpaired) electrons. The summed E-state index contributed by atoms with van der Waals surface area (Å²) in [7, 11) is 1.62. The molecule has 0 aliphatic carbocycles. The van der Waals surface area contributed by atoms with Crippen LogP contribution in [0.1, 0.15) is 43.9 Å². The van der Waals surface area contributed by atoms with Crippen molar-refractivity contribution >= 4 is 17.9 Å². The van der Waals surface area contributed by atoms with Crippen LogP contribution in [-0.4, -0.2) is 29.4 Å². The van der Waals surface area contributed by atoms with Gasteiger partial charge in [-0.3, -0.25) is 9.59 Å². The molecular formula is C24H26N2O3. The molecule has 2 heterocycles. The zero-order chi connectivity index (χ0) is 20.8. The largest absolute Gasteiger partial charge is 0.497 e. The molecule has 2 amide bonds. The molecule has 2 aromatic carbocycles. The molecular weight excluding hydrogens is 364 g/mol. The van der Waals surface area contributed by atoms with Gasteiger partial charge in [0.25, 0.3) is 11.8 Å². The minimum absolute atomic E-state index is 0.0897. The topological polar surface area (TPSA) is 58.6 Å². The van der Waals surface area contributed by atoms with E-state index in [0.29, 0.717) is 18.5 Å². The number of benzene rings is 2. The molecule has 2 aromatic rings. The Morgan fingerprint density at radius 1 is 1.17 bits per heavy atom. The van der Waals surface area contributed by atoms with Gasteiger partial charge in [0.1, 0.15) is 5.75 Å². The van der Waals surface area contributed by atoms with Crippen molar-refractivity contribution in [2.45, 2.75) is 44.8 Å². The van der Waals surface area contributed by atoms with Gasteiger partial charge in [0.15, 0.2) is 5.54 Å². The molecule has 1 fully saturated rings. The Labute approximate surface area is 171 Å². The third kappa shape index (κ3) is 3.20. The number of carbonyl (C=O) groups is 2. The highest BCUT2D eigenvalue weighted by Gasteiger charge is 2.59. The molecule has 0 bridgehead atoms. The average Bonchev–Trinajstić information content (AvgIpc) is 3.14. The van der Waals surface area contributed by atoms with Crippen LogP contribution in [0.25, 0.3) is 6.08 Å². The first kappa shape index (κ1) is 19.2. The van der Waals surface area contributed by atoms with Crippen molar-refractivity contribution < 1.29 is 14.3 Å². The monoisotopic (exact) mass is 390 g/mol. The van der Waals surface area contributed by atoms with Crippen LogP contribution < -0.4 is 10.1 Å². The Hall–Kier alpha value is -3.08. The fraction of sp³-hybridized carbons (Fsp3) is 0.333. The third-order valence-electron chi connectivity index (χ3n) is 5.52. The summed E-state index contributed by atoms with van der Waals surface area (Å²) in [4.78, 5) is 28.6. The zero-order valence-electron chi connectivity index (χ0n) is 17.3. The first-order valence-electron chi connectivity index (χ1n) is 9.82. The Morgan fingerprint density at radius 2 is 1.90 bits per heavy atom. The zero-order valence-corrected chi connectivity index (χ0v) is 17.3. The number of carbonyl (C=O) groups excluding carboxylic acids is 2. The minimum Gasteiger partial charge on any atom is -0.497 e. The molecule has 150 valence electrons. The highest BCUT2D eigenvalue weighted by Crippen LogP contribution is 2.50. The molecule has 1 atom stereocenters. The summed E-state index contributed by atoms with van der Waals surface area (Å²) in [5.74, 6) is 0.496. The number of hydrogen-bond donors (Lipinski definition) is 1. The fourth-order valence-corrected chi connectivity index (χ4v) is 4.27. The van der Waals surface area contributed by atoms with Gasteiger partial charge in [-0.1, -0.05) is 36.4 Å². The summed E-state index contributed by atoms with van der Waals surface area (Å²) >= 11 is 0. The molecule has 2 aliphatic rings. The molecule has 0 aromatic heterocycles. The number of methoxy groups -OCH3 is 1. The number of nitrogens with zero attached hydrogens (tertiary/aromatic N) is 1. The molecule has 2 aliphatic heterocycles. The van der Waals surface area contributed by atoms with Crippen molar-refractivity contribution in [3.05, 3.63) is 70.8 Å². The lowest BCUT2D eigenvalue weighted by atomic mass is 9.84. The van der Waals surface area contributed by atoms with Crippen LogP contribution in [0.5, 0.6) is 5.75 Å². The minimum atomic E-state index is -1.02. The highest BCUT2D eigenvalue weighted by molar-refractivity contribution is 6.08. The lowest BCUT2D eigenvalue weighted by Gasteiger charge is -2.34. The van der Waals surface area contributed by atoms with Crippen LogP contribution in [0.15, 0.2) is 54.1 Å². The predicted molar refractivity (Wildman–Crippen MR) is 112 cm³/mol. The van der Waals surface area contributed by atoms with Gasteiger partial charge in [-0.2, -0.15) is 0 Å². The molecule has 0 unspecified atom stereocenters. The van der Waals surface area contributed by atoms with E-state index in [-0.39, 0.29) is 11.8 Å². The normalized spacial score (nSPS) is 21.9. The lowest BCUT2D eigenvalue weighted by Crippen LogP contribution is -2.55. The van der Waals surface area contributed by atoms with E-state index in [1.54, 1.807) is 12.0 Å². The fourth-order valence-electron chi connectivity index (χ4n) is 4.27. The van der Waals surface area contributed by atoms with Crippen LogP contribution in [0.4, 0.5) is 0 Å². The smallest absolute Gasteiger partial charge is 0.251 e. The van der Waals surface area contributed by atoms with Crippen molar-refractivity contribution in [1.82, 2.24) is 10.2 Å². The summed E-state index contributed by atoms with van der Waals surface area (Å²) in [6.45, 7) is 6.25. The summed E-state index contributed by atoms with van der Waals surface area (Å²) in [6.07, 6.45) is 2.25. The second kappa shape index (κ2) is 6.76. The third-order valence-corrected chi connectivity index (χ3v) is 5.52. The van der Waals surface area contributed by atoms with E-state index in [1.807, 2.05) is 75.4 Å². The molecule has 1 saturated heterocycles. The van der Waals surface area contributed by atoms with Gasteiger partial charge in [0, 0.05) is 24.1 Å². The maximum absolute atomic E-state index is 13.6. The van der Waals surface area contributed by atoms with Crippen LogP contribution >= 0.6 is 0 Å². The van der Waals surface area contributed by atoms with E-state index in [2.05, 4.69) is 5.32 Å². The number of ether oxygens (including phenoxy) is 1. The molecule has 4 rings (SSSR count). The van der Waals surface area contributed by atoms with E-state index in [9.17, 15) is 9.59 Å². The summed E-state index contributed by atoms with van der Waals surface area (Å²) in [5.41, 5.74) is 2.03. The SMILES string of the molecule is COc1ccc2c(c1)CN1C(=O)/C(=C\c3ccccc3)C[C@@]21C(=O)NC(C)(C)C. The Bertz CT molecular complexity index is 1000. The average molecular weight is 390 g/mol. The second-order valence-electron chi connectivity index (χ2n) is 8.74. The molecule has 29 heavy (non-hydrogen) atoms. The quantitative estimate of drug-likeness (QED) is 0.814. The second-order valence-corrected chi connectivity index (χ2v) is 8.74. The van der Waals surface area contributed by atoms with Gasteiger partial charge in [0.05, 0.1) is 7.11 Å². The van der Waals surface area contributed by atoms with Crippen molar-refractivity contribution in [3.8, 4) is 5.75 Å². The van der Waals surface area contributed by atoms with Gasteiger partial charge in [-0.15, -0.1) is 0 Å². The molecule has 5 nitrogen and oxygen atoms in total. The van der Waals surface area contributed by atoms with Gasteiger partial charge < -0.3 is 15.0 Å². The van der Waals surface area contributed by atoms with Crippen LogP contribution in [0.2, 0.25) is 0 Å². The van der Waals surface area contributed by atoms with Crippen LogP contribution in [-0.2, 0) is 21.7 Å². The lowest BCUT2D eigenvalue weighted by molar-refractivity contribution is -0.141. The van der Waals surface area contributed by atoms with E-state index in [1.165, 1.54) is 0 Å². The summed E-state index contributed by atoms with van der Waals surface area (Å²) in [5, 5.41) is 3.11. The standard InChI is InChI=1S/C24H26N2O3/c1-23(2,3)25-22(28)24-14-17(12-16-8-6-5-7-9-16)21(27)26(24)15-18-13-19(29-4)10-11-20(18)24/h5-13H,14-15H2,1-4H3,(H,25,28)/b17-12-/t24-/m0/s1. The first-order valence-corrected chi connectivity index (χ1v) is 9.82. The predicted octanol–water partition coefficient (Wildman–Crippen LogP) is 3.63. The Kier molecular flexibility index (Phi) is 4.49. The van der Waals surface area contributed by atoms with E-state index in [4.69, 9.17) is 4.74 Å². The van der Waals surface area contributed by atoms with Gasteiger partial charge in [0.2, 0.25) is 0 Å². The number of nitrogens with one attached hydrogen (secondary N) is 1. The maximum Gasteiger partial charge on any atom is 0.251 e. The van der Waals surface area contributed by atoms with Crippen molar-refractivity contribution in [2.75, 3.05) is 7.11 Å². The van der Waals surface area contributed by atoms with Gasteiger partial charge >= 0.3 is 0 Å². The molecule has 0 saturated carbocycles. The first-order chi connectivity index (χ1) is 13.7. The molecule has 1 N–H and O–H groups in total. The Balaban J connectivity index is 1.82. The maximum atomic E-state index is 13.6. The van der Waals surface area contributed by atoms with E-state index in [0.717, 1.165) is 22.4 Å². The van der Waals surface area contributed by atoms with E-state index >= 15 is 0 Å². The van der Waals surface area contributed by atoms with E-state index < -0.39 is 11.1 Å². The highest BCUT2D eigenvalue weighted by atomic mass is 16.5.